The van der Waals surface area contributed by atoms with Gasteiger partial charge < -0.3 is 9.80 Å². The highest BCUT2D eigenvalue weighted by Crippen LogP contribution is 2.55. The Balaban J connectivity index is 0.896. The largest absolute Gasteiger partial charge is 0.338 e. The van der Waals surface area contributed by atoms with Crippen LogP contribution in [0, 0.1) is 11.8 Å². The van der Waals surface area contributed by atoms with Gasteiger partial charge >= 0.3 is 0 Å². The molecule has 52 heavy (non-hydrogen) atoms. The Bertz CT molecular complexity index is 2360. The maximum Gasteiger partial charge on any atom is 0.0462 e. The Morgan fingerprint density at radius 3 is 2.06 bits per heavy atom. The number of rotatable bonds is 6. The summed E-state index contributed by atoms with van der Waals surface area (Å²) in [5.74, 6) is 2.17. The van der Waals surface area contributed by atoms with Crippen molar-refractivity contribution in [3.63, 3.8) is 0 Å². The number of anilines is 4. The van der Waals surface area contributed by atoms with Gasteiger partial charge in [0.1, 0.15) is 0 Å². The average molecular weight is 671 g/mol. The van der Waals surface area contributed by atoms with E-state index in [0.29, 0.717) is 29.7 Å². The molecule has 10 rings (SSSR count). The molecule has 0 amide bonds. The molecule has 1 saturated carbocycles. The normalized spacial score (nSPS) is 22.8. The van der Waals surface area contributed by atoms with Gasteiger partial charge in [-0.05, 0) is 119 Å². The van der Waals surface area contributed by atoms with Gasteiger partial charge in [-0.2, -0.15) is 0 Å². The van der Waals surface area contributed by atoms with Gasteiger partial charge in [0.25, 0.3) is 0 Å². The van der Waals surface area contributed by atoms with Crippen LogP contribution in [0.3, 0.4) is 0 Å². The standard InChI is InChI=1S/C50H42N2/c1-2-13-42(14-3-1)51(44-29-24-38(25-30-44)41-19-18-35-10-4-5-12-40(35)34-41)43-27-20-36(21-28-43)37-22-31-45(32-23-37)52-48-17-9-8-16-47(48)50-46-15-7-6-11-39(46)26-33-49(50)52/h1-22,24-25,27-32,34,37,39,46,49-50H,23,26,33H2. The minimum absolute atomic E-state index is 0.361. The fourth-order valence-corrected chi connectivity index (χ4v) is 9.45. The number of fused-ring (bicyclic) bond motifs is 6. The van der Waals surface area contributed by atoms with Crippen molar-refractivity contribution in [2.24, 2.45) is 11.8 Å². The lowest BCUT2D eigenvalue weighted by Crippen LogP contribution is -2.41. The van der Waals surface area contributed by atoms with E-state index in [1.165, 1.54) is 57.3 Å². The smallest absolute Gasteiger partial charge is 0.0462 e. The van der Waals surface area contributed by atoms with Crippen LogP contribution in [0.15, 0.2) is 194 Å². The van der Waals surface area contributed by atoms with Crippen LogP contribution in [0.5, 0.6) is 0 Å². The second kappa shape index (κ2) is 13.0. The zero-order chi connectivity index (χ0) is 34.4. The molecular formula is C50H42N2. The first kappa shape index (κ1) is 30.9. The van der Waals surface area contributed by atoms with Gasteiger partial charge in [0, 0.05) is 46.3 Å². The molecule has 1 fully saturated rings. The maximum atomic E-state index is 2.68. The molecule has 6 aromatic rings. The SMILES string of the molecule is C1=CC2CCC3C(c4ccccc4N3C3=CCC(c4ccc(N(c5ccccc5)c5ccc(-c6ccc7ccccc7c6)cc5)cc4)C=C3)C2C=C1. The van der Waals surface area contributed by atoms with Crippen molar-refractivity contribution in [3.05, 3.63) is 205 Å². The van der Waals surface area contributed by atoms with Crippen LogP contribution >= 0.6 is 0 Å². The Morgan fingerprint density at radius 2 is 1.25 bits per heavy atom. The summed E-state index contributed by atoms with van der Waals surface area (Å²) in [7, 11) is 0. The van der Waals surface area contributed by atoms with Crippen LogP contribution in [0.2, 0.25) is 0 Å². The van der Waals surface area contributed by atoms with E-state index in [-0.39, 0.29) is 0 Å². The van der Waals surface area contributed by atoms with Crippen LogP contribution < -0.4 is 9.80 Å². The van der Waals surface area contributed by atoms with E-state index in [2.05, 4.69) is 198 Å². The third kappa shape index (κ3) is 5.42. The predicted octanol–water partition coefficient (Wildman–Crippen LogP) is 13.0. The summed E-state index contributed by atoms with van der Waals surface area (Å²) in [6.45, 7) is 0. The first-order chi connectivity index (χ1) is 25.8. The van der Waals surface area contributed by atoms with Crippen LogP contribution in [-0.2, 0) is 0 Å². The van der Waals surface area contributed by atoms with E-state index in [1.54, 1.807) is 0 Å². The molecule has 252 valence electrons. The van der Waals surface area contributed by atoms with Crippen molar-refractivity contribution in [3.8, 4) is 11.1 Å². The molecule has 2 heteroatoms. The third-order valence-electron chi connectivity index (χ3n) is 12.0. The number of hydrogen-bond acceptors (Lipinski definition) is 2. The summed E-state index contributed by atoms with van der Waals surface area (Å²) in [5.41, 5.74) is 11.6. The lowest BCUT2D eigenvalue weighted by atomic mass is 9.67. The van der Waals surface area contributed by atoms with Gasteiger partial charge in [-0.1, -0.05) is 134 Å². The van der Waals surface area contributed by atoms with E-state index in [0.717, 1.165) is 23.5 Å². The van der Waals surface area contributed by atoms with E-state index in [9.17, 15) is 0 Å². The molecule has 6 aromatic carbocycles. The van der Waals surface area contributed by atoms with Gasteiger partial charge in [-0.15, -0.1) is 0 Å². The minimum Gasteiger partial charge on any atom is -0.338 e. The summed E-state index contributed by atoms with van der Waals surface area (Å²) in [4.78, 5) is 5.04. The third-order valence-corrected chi connectivity index (χ3v) is 12.0. The molecule has 0 spiro atoms. The van der Waals surface area contributed by atoms with Gasteiger partial charge in [-0.3, -0.25) is 0 Å². The summed E-state index contributed by atoms with van der Waals surface area (Å²) in [5, 5.41) is 2.53. The van der Waals surface area contributed by atoms with Crippen molar-refractivity contribution in [2.75, 3.05) is 9.80 Å². The quantitative estimate of drug-likeness (QED) is 0.174. The number of para-hydroxylation sites is 2. The van der Waals surface area contributed by atoms with E-state index < -0.39 is 0 Å². The Kier molecular flexibility index (Phi) is 7.75. The van der Waals surface area contributed by atoms with Crippen molar-refractivity contribution in [1.29, 1.82) is 0 Å². The molecule has 0 bridgehead atoms. The molecule has 5 atom stereocenters. The monoisotopic (exact) mass is 670 g/mol. The zero-order valence-corrected chi connectivity index (χ0v) is 29.3. The number of allylic oxidation sites excluding steroid dienone is 7. The minimum atomic E-state index is 0.361. The second-order valence-electron chi connectivity index (χ2n) is 14.8. The molecule has 2 nitrogen and oxygen atoms in total. The highest BCUT2D eigenvalue weighted by Gasteiger charge is 2.47. The zero-order valence-electron chi connectivity index (χ0n) is 29.3. The molecule has 1 heterocycles. The first-order valence-electron chi connectivity index (χ1n) is 18.9. The van der Waals surface area contributed by atoms with Gasteiger partial charge in [0.15, 0.2) is 0 Å². The van der Waals surface area contributed by atoms with E-state index in [4.69, 9.17) is 0 Å². The van der Waals surface area contributed by atoms with Crippen molar-refractivity contribution < 1.29 is 0 Å². The highest BCUT2D eigenvalue weighted by molar-refractivity contribution is 5.88. The average Bonchev–Trinajstić information content (AvgIpc) is 3.57. The molecule has 5 unspecified atom stereocenters. The molecule has 0 radical (unpaired) electrons. The topological polar surface area (TPSA) is 6.48 Å². The van der Waals surface area contributed by atoms with Gasteiger partial charge in [0.05, 0.1) is 0 Å². The Labute approximate surface area is 307 Å². The number of benzene rings is 6. The first-order valence-corrected chi connectivity index (χ1v) is 18.9. The Hall–Kier alpha value is -5.86. The number of nitrogens with zero attached hydrogens (tertiary/aromatic N) is 2. The van der Waals surface area contributed by atoms with Crippen molar-refractivity contribution in [2.45, 2.75) is 37.1 Å². The van der Waals surface area contributed by atoms with Crippen LogP contribution in [-0.4, -0.2) is 6.04 Å². The predicted molar refractivity (Wildman–Crippen MR) is 219 cm³/mol. The Morgan fingerprint density at radius 1 is 0.558 bits per heavy atom. The van der Waals surface area contributed by atoms with Gasteiger partial charge in [0.2, 0.25) is 0 Å². The highest BCUT2D eigenvalue weighted by atomic mass is 15.2. The molecule has 4 aliphatic rings. The molecule has 0 aromatic heterocycles. The van der Waals surface area contributed by atoms with Crippen molar-refractivity contribution in [1.82, 2.24) is 0 Å². The fraction of sp³-hybridized carbons (Fsp3) is 0.160. The summed E-state index contributed by atoms with van der Waals surface area (Å²) in [6.07, 6.45) is 20.3. The van der Waals surface area contributed by atoms with Crippen molar-refractivity contribution >= 4 is 33.5 Å². The maximum absolute atomic E-state index is 2.68. The van der Waals surface area contributed by atoms with Crippen LogP contribution in [0.25, 0.3) is 21.9 Å². The van der Waals surface area contributed by atoms with Crippen LogP contribution in [0.4, 0.5) is 22.7 Å². The summed E-state index contributed by atoms with van der Waals surface area (Å²) < 4.78 is 0. The molecular weight excluding hydrogens is 629 g/mol. The molecule has 3 aliphatic carbocycles. The molecule has 1 aliphatic heterocycles. The second-order valence-corrected chi connectivity index (χ2v) is 14.8. The lowest BCUT2D eigenvalue weighted by Gasteiger charge is -2.42. The lowest BCUT2D eigenvalue weighted by molar-refractivity contribution is 0.267. The summed E-state index contributed by atoms with van der Waals surface area (Å²) >= 11 is 0. The molecule has 0 saturated heterocycles. The van der Waals surface area contributed by atoms with E-state index in [1.807, 2.05) is 0 Å². The molecule has 0 N–H and O–H groups in total. The number of hydrogen-bond donors (Lipinski definition) is 0. The van der Waals surface area contributed by atoms with Gasteiger partial charge in [-0.25, -0.2) is 0 Å². The van der Waals surface area contributed by atoms with E-state index >= 15 is 0 Å². The van der Waals surface area contributed by atoms with Crippen LogP contribution in [0.1, 0.15) is 42.2 Å². The fourth-order valence-electron chi connectivity index (χ4n) is 9.45. The summed E-state index contributed by atoms with van der Waals surface area (Å²) in [6, 6.07) is 53.9.